The van der Waals surface area contributed by atoms with Crippen LogP contribution < -0.4 is 10.1 Å². The molecule has 2 heterocycles. The van der Waals surface area contributed by atoms with E-state index in [0.29, 0.717) is 32.2 Å². The van der Waals surface area contributed by atoms with Gasteiger partial charge >= 0.3 is 0 Å². The summed E-state index contributed by atoms with van der Waals surface area (Å²) >= 11 is 1.55. The zero-order valence-corrected chi connectivity index (χ0v) is 15.4. The fourth-order valence-corrected chi connectivity index (χ4v) is 3.34. The second-order valence-corrected chi connectivity index (χ2v) is 6.89. The molecule has 0 fully saturated rings. The first-order valence-electron chi connectivity index (χ1n) is 8.37. The van der Waals surface area contributed by atoms with Crippen LogP contribution in [0.25, 0.3) is 10.6 Å². The zero-order chi connectivity index (χ0) is 18.4. The number of benzene rings is 1. The SMILES string of the molecule is C#CCCC1(CCC(=O)NCc2csc(-c3ccc(OC)cc3)n2)N=N1. The maximum Gasteiger partial charge on any atom is 0.220 e. The minimum atomic E-state index is -0.411. The number of hydrogen-bond donors (Lipinski definition) is 1. The molecule has 1 aromatic carbocycles. The van der Waals surface area contributed by atoms with Gasteiger partial charge in [-0.15, -0.1) is 23.7 Å². The molecule has 0 saturated carbocycles. The molecule has 0 atom stereocenters. The highest BCUT2D eigenvalue weighted by Gasteiger charge is 2.39. The average molecular weight is 368 g/mol. The van der Waals surface area contributed by atoms with Crippen molar-refractivity contribution in [2.45, 2.75) is 37.9 Å². The predicted molar refractivity (Wildman–Crippen MR) is 101 cm³/mol. The van der Waals surface area contributed by atoms with E-state index in [2.05, 4.69) is 26.4 Å². The third-order valence-electron chi connectivity index (χ3n) is 4.16. The third-order valence-corrected chi connectivity index (χ3v) is 5.10. The number of ether oxygens (including phenoxy) is 1. The van der Waals surface area contributed by atoms with Gasteiger partial charge in [0, 0.05) is 36.6 Å². The standard InChI is InChI=1S/C19H20N4O2S/c1-3-4-10-19(22-23-19)11-9-17(24)20-12-15-13-26-18(21-15)14-5-7-16(25-2)8-6-14/h1,5-8,13H,4,9-12H2,2H3,(H,20,24). The van der Waals surface area contributed by atoms with Gasteiger partial charge in [-0.3, -0.25) is 4.79 Å². The predicted octanol–water partition coefficient (Wildman–Crippen LogP) is 3.79. The number of nitrogens with zero attached hydrogens (tertiary/aromatic N) is 3. The molecule has 134 valence electrons. The number of nitrogens with one attached hydrogen (secondary N) is 1. The Hall–Kier alpha value is -2.72. The monoisotopic (exact) mass is 368 g/mol. The van der Waals surface area contributed by atoms with E-state index in [4.69, 9.17) is 11.2 Å². The van der Waals surface area contributed by atoms with E-state index in [0.717, 1.165) is 22.0 Å². The van der Waals surface area contributed by atoms with E-state index in [-0.39, 0.29) is 5.91 Å². The number of carbonyl (C=O) groups excluding carboxylic acids is 1. The maximum atomic E-state index is 12.0. The van der Waals surface area contributed by atoms with Crippen molar-refractivity contribution < 1.29 is 9.53 Å². The van der Waals surface area contributed by atoms with E-state index < -0.39 is 5.66 Å². The highest BCUT2D eigenvalue weighted by molar-refractivity contribution is 7.13. The van der Waals surface area contributed by atoms with Gasteiger partial charge in [-0.1, -0.05) is 0 Å². The van der Waals surface area contributed by atoms with Crippen LogP contribution in [0.4, 0.5) is 0 Å². The lowest BCUT2D eigenvalue weighted by Crippen LogP contribution is -2.25. The van der Waals surface area contributed by atoms with Gasteiger partial charge in [-0.05, 0) is 24.3 Å². The summed E-state index contributed by atoms with van der Waals surface area (Å²) < 4.78 is 5.16. The van der Waals surface area contributed by atoms with Crippen molar-refractivity contribution in [1.82, 2.24) is 10.3 Å². The molecule has 1 aliphatic rings. The summed E-state index contributed by atoms with van der Waals surface area (Å²) in [6.45, 7) is 0.414. The Morgan fingerprint density at radius 2 is 2.08 bits per heavy atom. The van der Waals surface area contributed by atoms with E-state index in [9.17, 15) is 4.79 Å². The molecule has 0 radical (unpaired) electrons. The molecular weight excluding hydrogens is 348 g/mol. The van der Waals surface area contributed by atoms with Gasteiger partial charge in [-0.2, -0.15) is 10.2 Å². The highest BCUT2D eigenvalue weighted by atomic mass is 32.1. The van der Waals surface area contributed by atoms with Crippen LogP contribution in [0.5, 0.6) is 5.75 Å². The van der Waals surface area contributed by atoms with Crippen LogP contribution in [-0.2, 0) is 11.3 Å². The van der Waals surface area contributed by atoms with Crippen molar-refractivity contribution in [3.8, 4) is 28.7 Å². The van der Waals surface area contributed by atoms with Crippen LogP contribution in [0.15, 0.2) is 39.9 Å². The van der Waals surface area contributed by atoms with Crippen molar-refractivity contribution in [2.75, 3.05) is 7.11 Å². The molecule has 1 amide bonds. The summed E-state index contributed by atoms with van der Waals surface area (Å²) in [6, 6.07) is 7.75. The summed E-state index contributed by atoms with van der Waals surface area (Å²) in [5, 5.41) is 13.9. The number of terminal acetylenes is 1. The first-order chi connectivity index (χ1) is 12.6. The summed E-state index contributed by atoms with van der Waals surface area (Å²) in [5.74, 6) is 3.37. The number of hydrogen-bond acceptors (Lipinski definition) is 6. The van der Waals surface area contributed by atoms with E-state index in [1.165, 1.54) is 0 Å². The lowest BCUT2D eigenvalue weighted by atomic mass is 10.0. The van der Waals surface area contributed by atoms with Gasteiger partial charge in [0.1, 0.15) is 10.8 Å². The summed E-state index contributed by atoms with van der Waals surface area (Å²) in [7, 11) is 1.64. The largest absolute Gasteiger partial charge is 0.497 e. The van der Waals surface area contributed by atoms with Gasteiger partial charge in [0.2, 0.25) is 5.91 Å². The van der Waals surface area contributed by atoms with Crippen LogP contribution in [-0.4, -0.2) is 23.7 Å². The van der Waals surface area contributed by atoms with Crippen LogP contribution in [0.3, 0.4) is 0 Å². The molecule has 0 bridgehead atoms. The Morgan fingerprint density at radius 3 is 2.73 bits per heavy atom. The number of aromatic nitrogens is 1. The topological polar surface area (TPSA) is 75.9 Å². The van der Waals surface area contributed by atoms with Crippen LogP contribution in [0.2, 0.25) is 0 Å². The molecule has 1 N–H and O–H groups in total. The fourth-order valence-electron chi connectivity index (χ4n) is 2.51. The Balaban J connectivity index is 1.45. The van der Waals surface area contributed by atoms with E-state index in [1.807, 2.05) is 29.6 Å². The second-order valence-electron chi connectivity index (χ2n) is 6.04. The quantitative estimate of drug-likeness (QED) is 0.684. The van der Waals surface area contributed by atoms with E-state index in [1.54, 1.807) is 18.4 Å². The second kappa shape index (κ2) is 8.11. The summed E-state index contributed by atoms with van der Waals surface area (Å²) in [6.07, 6.45) is 7.60. The lowest BCUT2D eigenvalue weighted by Gasteiger charge is -2.08. The van der Waals surface area contributed by atoms with Crippen LogP contribution >= 0.6 is 11.3 Å². The number of methoxy groups -OCH3 is 1. The first kappa shape index (κ1) is 18.1. The number of amides is 1. The smallest absolute Gasteiger partial charge is 0.220 e. The highest BCUT2D eigenvalue weighted by Crippen LogP contribution is 2.37. The number of rotatable bonds is 9. The summed E-state index contributed by atoms with van der Waals surface area (Å²) in [4.78, 5) is 16.6. The number of thiazole rings is 1. The van der Waals surface area contributed by atoms with Crippen molar-refractivity contribution in [3.05, 3.63) is 35.3 Å². The fraction of sp³-hybridized carbons (Fsp3) is 0.368. The molecule has 1 aromatic heterocycles. The lowest BCUT2D eigenvalue weighted by molar-refractivity contribution is -0.121. The molecule has 7 heteroatoms. The molecule has 0 unspecified atom stereocenters. The molecule has 26 heavy (non-hydrogen) atoms. The van der Waals surface area contributed by atoms with Crippen molar-refractivity contribution in [2.24, 2.45) is 10.2 Å². The summed E-state index contributed by atoms with van der Waals surface area (Å²) in [5.41, 5.74) is 1.46. The molecule has 2 aromatic rings. The van der Waals surface area contributed by atoms with Crippen LogP contribution in [0.1, 0.15) is 31.4 Å². The Labute approximate surface area is 156 Å². The molecule has 0 aliphatic carbocycles. The van der Waals surface area contributed by atoms with Gasteiger partial charge in [-0.25, -0.2) is 4.98 Å². The third kappa shape index (κ3) is 4.67. The molecule has 0 saturated heterocycles. The minimum Gasteiger partial charge on any atom is -0.497 e. The van der Waals surface area contributed by atoms with Gasteiger partial charge in [0.05, 0.1) is 19.3 Å². The molecule has 0 spiro atoms. The average Bonchev–Trinajstić information content (AvgIpc) is 3.29. The Morgan fingerprint density at radius 1 is 1.31 bits per heavy atom. The molecule has 6 nitrogen and oxygen atoms in total. The van der Waals surface area contributed by atoms with Crippen LogP contribution in [0, 0.1) is 12.3 Å². The van der Waals surface area contributed by atoms with Crippen molar-refractivity contribution in [3.63, 3.8) is 0 Å². The van der Waals surface area contributed by atoms with Gasteiger partial charge in [0.25, 0.3) is 0 Å². The van der Waals surface area contributed by atoms with Crippen molar-refractivity contribution in [1.29, 1.82) is 0 Å². The Kier molecular flexibility index (Phi) is 5.64. The maximum absolute atomic E-state index is 12.0. The Bertz CT molecular complexity index is 830. The first-order valence-corrected chi connectivity index (χ1v) is 9.25. The minimum absolute atomic E-state index is 0.0265. The van der Waals surface area contributed by atoms with E-state index >= 15 is 0 Å². The molecule has 3 rings (SSSR count). The normalized spacial score (nSPS) is 13.8. The van der Waals surface area contributed by atoms with Crippen molar-refractivity contribution >= 4 is 17.2 Å². The molecule has 1 aliphatic heterocycles. The zero-order valence-electron chi connectivity index (χ0n) is 14.6. The molecular formula is C19H20N4O2S. The van der Waals surface area contributed by atoms with Gasteiger partial charge < -0.3 is 10.1 Å². The number of carbonyl (C=O) groups is 1. The van der Waals surface area contributed by atoms with Gasteiger partial charge in [0.15, 0.2) is 5.66 Å².